The molecule has 0 aliphatic carbocycles. The Bertz CT molecular complexity index is 736. The Morgan fingerprint density at radius 3 is 2.39 bits per heavy atom. The molecule has 23 heavy (non-hydrogen) atoms. The molecule has 0 bridgehead atoms. The molecule has 0 spiro atoms. The number of halogens is 2. The second kappa shape index (κ2) is 6.29. The SMILES string of the molecule is O=C(c1ccc(Cl)cc1)N1CCN(c2ncc(F)cn2)C(=O)C1. The molecule has 0 unspecified atom stereocenters. The van der Waals surface area contributed by atoms with E-state index in [4.69, 9.17) is 11.6 Å². The summed E-state index contributed by atoms with van der Waals surface area (Å²) >= 11 is 5.80. The molecule has 2 heterocycles. The van der Waals surface area contributed by atoms with E-state index < -0.39 is 5.82 Å². The molecule has 1 aliphatic rings. The third-order valence-electron chi connectivity index (χ3n) is 3.45. The molecule has 0 saturated carbocycles. The zero-order valence-electron chi connectivity index (χ0n) is 11.9. The predicted octanol–water partition coefficient (Wildman–Crippen LogP) is 1.76. The number of hydrogen-bond acceptors (Lipinski definition) is 4. The van der Waals surface area contributed by atoms with Gasteiger partial charge in [-0.05, 0) is 24.3 Å². The fraction of sp³-hybridized carbons (Fsp3) is 0.200. The summed E-state index contributed by atoms with van der Waals surface area (Å²) in [6, 6.07) is 6.48. The molecular formula is C15H12ClFN4O2. The van der Waals surface area contributed by atoms with E-state index in [0.29, 0.717) is 17.1 Å². The van der Waals surface area contributed by atoms with E-state index in [9.17, 15) is 14.0 Å². The Labute approximate surface area is 136 Å². The average Bonchev–Trinajstić information content (AvgIpc) is 2.56. The van der Waals surface area contributed by atoms with Gasteiger partial charge in [0, 0.05) is 23.7 Å². The van der Waals surface area contributed by atoms with E-state index >= 15 is 0 Å². The van der Waals surface area contributed by atoms with Gasteiger partial charge in [0.25, 0.3) is 5.91 Å². The number of rotatable bonds is 2. The number of piperazine rings is 1. The second-order valence-electron chi connectivity index (χ2n) is 4.98. The van der Waals surface area contributed by atoms with Crippen LogP contribution in [0.3, 0.4) is 0 Å². The van der Waals surface area contributed by atoms with Crippen LogP contribution in [0.15, 0.2) is 36.7 Å². The van der Waals surface area contributed by atoms with Crippen molar-refractivity contribution in [3.8, 4) is 0 Å². The largest absolute Gasteiger partial charge is 0.328 e. The number of hydrogen-bond donors (Lipinski definition) is 0. The van der Waals surface area contributed by atoms with Crippen LogP contribution in [0.4, 0.5) is 10.3 Å². The van der Waals surface area contributed by atoms with Gasteiger partial charge in [0.15, 0.2) is 5.82 Å². The van der Waals surface area contributed by atoms with E-state index in [2.05, 4.69) is 9.97 Å². The van der Waals surface area contributed by atoms with Crippen molar-refractivity contribution in [2.45, 2.75) is 0 Å². The van der Waals surface area contributed by atoms with E-state index in [1.165, 1.54) is 9.80 Å². The van der Waals surface area contributed by atoms with Crippen molar-refractivity contribution in [2.24, 2.45) is 0 Å². The molecule has 1 fully saturated rings. The predicted molar refractivity (Wildman–Crippen MR) is 81.7 cm³/mol. The number of benzene rings is 1. The van der Waals surface area contributed by atoms with Gasteiger partial charge in [-0.2, -0.15) is 0 Å². The topological polar surface area (TPSA) is 66.4 Å². The molecule has 1 saturated heterocycles. The molecule has 1 aromatic carbocycles. The smallest absolute Gasteiger partial charge is 0.254 e. The molecule has 1 aromatic heterocycles. The molecule has 8 heteroatoms. The molecule has 6 nitrogen and oxygen atoms in total. The van der Waals surface area contributed by atoms with E-state index in [1.807, 2.05) is 0 Å². The number of anilines is 1. The maximum absolute atomic E-state index is 12.8. The maximum atomic E-state index is 12.8. The maximum Gasteiger partial charge on any atom is 0.254 e. The highest BCUT2D eigenvalue weighted by atomic mass is 35.5. The van der Waals surface area contributed by atoms with E-state index in [-0.39, 0.29) is 30.9 Å². The highest BCUT2D eigenvalue weighted by molar-refractivity contribution is 6.30. The summed E-state index contributed by atoms with van der Waals surface area (Å²) in [5, 5.41) is 0.538. The highest BCUT2D eigenvalue weighted by Crippen LogP contribution is 2.16. The fourth-order valence-electron chi connectivity index (χ4n) is 2.28. The van der Waals surface area contributed by atoms with Crippen molar-refractivity contribution in [3.05, 3.63) is 53.1 Å². The lowest BCUT2D eigenvalue weighted by Gasteiger charge is -2.33. The summed E-state index contributed by atoms with van der Waals surface area (Å²) in [7, 11) is 0. The lowest BCUT2D eigenvalue weighted by Crippen LogP contribution is -2.52. The lowest BCUT2D eigenvalue weighted by atomic mass is 10.2. The summed E-state index contributed by atoms with van der Waals surface area (Å²) in [4.78, 5) is 35.0. The van der Waals surface area contributed by atoms with E-state index in [0.717, 1.165) is 12.4 Å². The van der Waals surface area contributed by atoms with Crippen LogP contribution in [0.25, 0.3) is 0 Å². The first-order valence-corrected chi connectivity index (χ1v) is 7.25. The monoisotopic (exact) mass is 334 g/mol. The molecule has 118 valence electrons. The average molecular weight is 335 g/mol. The Morgan fingerprint density at radius 2 is 1.78 bits per heavy atom. The van der Waals surface area contributed by atoms with Crippen molar-refractivity contribution in [2.75, 3.05) is 24.5 Å². The number of aromatic nitrogens is 2. The van der Waals surface area contributed by atoms with Crippen molar-refractivity contribution in [3.63, 3.8) is 0 Å². The molecular weight excluding hydrogens is 323 g/mol. The van der Waals surface area contributed by atoms with Crippen LogP contribution in [0.5, 0.6) is 0 Å². The van der Waals surface area contributed by atoms with Crippen LogP contribution in [0, 0.1) is 5.82 Å². The summed E-state index contributed by atoms with van der Waals surface area (Å²) in [6.07, 6.45) is 2.00. The summed E-state index contributed by atoms with van der Waals surface area (Å²) in [5.74, 6) is -0.993. The lowest BCUT2D eigenvalue weighted by molar-refractivity contribution is -0.120. The molecule has 0 atom stereocenters. The van der Waals surface area contributed by atoms with Gasteiger partial charge in [0.05, 0.1) is 12.4 Å². The standard InChI is InChI=1S/C15H12ClFN4O2/c16-11-3-1-10(2-4-11)14(23)20-5-6-21(13(22)9-20)15-18-7-12(17)8-19-15/h1-4,7-8H,5-6,9H2. The van der Waals surface area contributed by atoms with Gasteiger partial charge in [0.2, 0.25) is 11.9 Å². The number of amides is 2. The molecule has 2 aromatic rings. The van der Waals surface area contributed by atoms with Gasteiger partial charge in [0.1, 0.15) is 6.54 Å². The van der Waals surface area contributed by atoms with Crippen LogP contribution in [0.1, 0.15) is 10.4 Å². The van der Waals surface area contributed by atoms with Crippen molar-refractivity contribution >= 4 is 29.4 Å². The minimum Gasteiger partial charge on any atom is -0.328 e. The Kier molecular flexibility index (Phi) is 4.20. The van der Waals surface area contributed by atoms with Gasteiger partial charge in [-0.25, -0.2) is 14.4 Å². The van der Waals surface area contributed by atoms with E-state index in [1.54, 1.807) is 24.3 Å². The molecule has 1 aliphatic heterocycles. The Hall–Kier alpha value is -2.54. The summed E-state index contributed by atoms with van der Waals surface area (Å²) in [6.45, 7) is 0.514. The van der Waals surface area contributed by atoms with Crippen LogP contribution >= 0.6 is 11.6 Å². The van der Waals surface area contributed by atoms with Crippen molar-refractivity contribution in [1.29, 1.82) is 0 Å². The van der Waals surface area contributed by atoms with Crippen LogP contribution in [-0.2, 0) is 4.79 Å². The third-order valence-corrected chi connectivity index (χ3v) is 3.70. The van der Waals surface area contributed by atoms with Gasteiger partial charge in [-0.3, -0.25) is 14.5 Å². The molecule has 0 radical (unpaired) electrons. The normalized spacial score (nSPS) is 15.0. The Balaban J connectivity index is 1.70. The van der Waals surface area contributed by atoms with Crippen LogP contribution in [0.2, 0.25) is 5.02 Å². The minimum absolute atomic E-state index is 0.0812. The molecule has 2 amide bonds. The van der Waals surface area contributed by atoms with Crippen LogP contribution < -0.4 is 4.90 Å². The summed E-state index contributed by atoms with van der Waals surface area (Å²) in [5.41, 5.74) is 0.466. The van der Waals surface area contributed by atoms with Gasteiger partial charge in [-0.1, -0.05) is 11.6 Å². The van der Waals surface area contributed by atoms with Gasteiger partial charge in [-0.15, -0.1) is 0 Å². The van der Waals surface area contributed by atoms with Crippen LogP contribution in [-0.4, -0.2) is 46.3 Å². The quantitative estimate of drug-likeness (QED) is 0.839. The van der Waals surface area contributed by atoms with Gasteiger partial charge >= 0.3 is 0 Å². The van der Waals surface area contributed by atoms with Crippen molar-refractivity contribution < 1.29 is 14.0 Å². The fourth-order valence-corrected chi connectivity index (χ4v) is 2.40. The Morgan fingerprint density at radius 1 is 1.13 bits per heavy atom. The number of carbonyl (C=O) groups is 2. The number of carbonyl (C=O) groups excluding carboxylic acids is 2. The number of nitrogens with zero attached hydrogens (tertiary/aromatic N) is 4. The summed E-state index contributed by atoms with van der Waals surface area (Å²) < 4.78 is 12.8. The first kappa shape index (κ1) is 15.4. The zero-order chi connectivity index (χ0) is 16.4. The molecule has 0 N–H and O–H groups in total. The second-order valence-corrected chi connectivity index (χ2v) is 5.42. The molecule has 3 rings (SSSR count). The van der Waals surface area contributed by atoms with Gasteiger partial charge < -0.3 is 4.90 Å². The third kappa shape index (κ3) is 3.29. The van der Waals surface area contributed by atoms with Crippen molar-refractivity contribution in [1.82, 2.24) is 14.9 Å². The zero-order valence-corrected chi connectivity index (χ0v) is 12.7. The first-order chi connectivity index (χ1) is 11.0. The first-order valence-electron chi connectivity index (χ1n) is 6.87. The highest BCUT2D eigenvalue weighted by Gasteiger charge is 2.29. The minimum atomic E-state index is -0.572.